The summed E-state index contributed by atoms with van der Waals surface area (Å²) < 4.78 is 25.7. The lowest BCUT2D eigenvalue weighted by Gasteiger charge is -2.11. The zero-order valence-corrected chi connectivity index (χ0v) is 14.8. The quantitative estimate of drug-likeness (QED) is 0.733. The normalized spacial score (nSPS) is 12.0. The van der Waals surface area contributed by atoms with E-state index in [1.54, 1.807) is 4.57 Å². The third-order valence-corrected chi connectivity index (χ3v) is 4.46. The Morgan fingerprint density at radius 3 is 2.62 bits per heavy atom. The Morgan fingerprint density at radius 1 is 1.33 bits per heavy atom. The Morgan fingerprint density at radius 2 is 2.05 bits per heavy atom. The number of hydrogen-bond acceptors (Lipinski definition) is 4. The van der Waals surface area contributed by atoms with Crippen LogP contribution in [0.3, 0.4) is 0 Å². The van der Waals surface area contributed by atoms with Gasteiger partial charge in [0.2, 0.25) is 0 Å². The molecule has 0 saturated carbocycles. The molecule has 0 aliphatic carbocycles. The maximum Gasteiger partial charge on any atom is 0.296 e. The average Bonchev–Trinajstić information content (AvgIpc) is 2.71. The highest BCUT2D eigenvalue weighted by Gasteiger charge is 2.23. The molecular weight excluding hydrogens is 378 g/mol. The molecule has 0 atom stereocenters. The van der Waals surface area contributed by atoms with Crippen LogP contribution in [0.4, 0.5) is 0 Å². The fraction of sp³-hybridized carbons (Fsp3) is 0.385. The number of nitrogens with zero attached hydrogens (tertiary/aromatic N) is 3. The van der Waals surface area contributed by atoms with E-state index in [0.29, 0.717) is 18.8 Å². The number of rotatable bonds is 5. The Balaban J connectivity index is 2.42. The fourth-order valence-electron chi connectivity index (χ4n) is 2.01. The van der Waals surface area contributed by atoms with Crippen molar-refractivity contribution in [2.24, 2.45) is 5.92 Å². The first-order chi connectivity index (χ1) is 9.77. The van der Waals surface area contributed by atoms with Gasteiger partial charge in [0.25, 0.3) is 14.2 Å². The minimum absolute atomic E-state index is 0.192. The standard InChI is InChI=1S/C13H15BrClN3O2S/c1-9(2)8-18-12(16-17-13(18)21(15,19)20)7-10-4-3-5-11(14)6-10/h3-6,9H,7-8H2,1-2H3. The Bertz CT molecular complexity index is 744. The molecule has 0 fully saturated rings. The van der Waals surface area contributed by atoms with E-state index in [2.05, 4.69) is 26.1 Å². The van der Waals surface area contributed by atoms with E-state index < -0.39 is 9.05 Å². The lowest BCUT2D eigenvalue weighted by molar-refractivity contribution is 0.474. The first kappa shape index (κ1) is 16.5. The van der Waals surface area contributed by atoms with Crippen molar-refractivity contribution in [1.82, 2.24) is 14.8 Å². The van der Waals surface area contributed by atoms with Crippen LogP contribution in [-0.2, 0) is 22.0 Å². The van der Waals surface area contributed by atoms with Gasteiger partial charge in [0.05, 0.1) is 0 Å². The van der Waals surface area contributed by atoms with Crippen LogP contribution in [0.1, 0.15) is 25.2 Å². The second kappa shape index (κ2) is 6.46. The molecule has 0 bridgehead atoms. The van der Waals surface area contributed by atoms with Gasteiger partial charge in [-0.05, 0) is 23.6 Å². The summed E-state index contributed by atoms with van der Waals surface area (Å²) in [6.07, 6.45) is 0.492. The van der Waals surface area contributed by atoms with E-state index in [1.807, 2.05) is 38.1 Å². The predicted octanol–water partition coefficient (Wildman–Crippen LogP) is 3.21. The molecule has 0 aliphatic rings. The van der Waals surface area contributed by atoms with Gasteiger partial charge in [-0.2, -0.15) is 0 Å². The maximum absolute atomic E-state index is 11.6. The second-order valence-corrected chi connectivity index (χ2v) is 8.52. The fourth-order valence-corrected chi connectivity index (χ4v) is 3.38. The molecule has 1 aromatic carbocycles. The highest BCUT2D eigenvalue weighted by Crippen LogP contribution is 2.19. The predicted molar refractivity (Wildman–Crippen MR) is 84.8 cm³/mol. The number of aromatic nitrogens is 3. The van der Waals surface area contributed by atoms with Crippen LogP contribution in [0.5, 0.6) is 0 Å². The molecular formula is C13H15BrClN3O2S. The average molecular weight is 393 g/mol. The minimum Gasteiger partial charge on any atom is -0.300 e. The van der Waals surface area contributed by atoms with E-state index in [-0.39, 0.29) is 11.1 Å². The van der Waals surface area contributed by atoms with Gasteiger partial charge in [-0.3, -0.25) is 0 Å². The Hall–Kier alpha value is -0.920. The summed E-state index contributed by atoms with van der Waals surface area (Å²) in [4.78, 5) is 0. The van der Waals surface area contributed by atoms with Crippen LogP contribution in [0.15, 0.2) is 33.9 Å². The van der Waals surface area contributed by atoms with Crippen LogP contribution in [0, 0.1) is 5.92 Å². The highest BCUT2D eigenvalue weighted by atomic mass is 79.9. The first-order valence-corrected chi connectivity index (χ1v) is 9.49. The lowest BCUT2D eigenvalue weighted by atomic mass is 10.1. The van der Waals surface area contributed by atoms with Crippen molar-refractivity contribution < 1.29 is 8.42 Å². The zero-order chi connectivity index (χ0) is 15.6. The van der Waals surface area contributed by atoms with Crippen LogP contribution >= 0.6 is 26.6 Å². The summed E-state index contributed by atoms with van der Waals surface area (Å²) in [5, 5.41) is 7.54. The van der Waals surface area contributed by atoms with Crippen molar-refractivity contribution in [3.05, 3.63) is 40.1 Å². The van der Waals surface area contributed by atoms with E-state index in [0.717, 1.165) is 10.0 Å². The molecule has 0 aliphatic heterocycles. The topological polar surface area (TPSA) is 64.8 Å². The van der Waals surface area contributed by atoms with Gasteiger partial charge in [-0.1, -0.05) is 41.9 Å². The molecule has 2 rings (SSSR count). The molecule has 1 heterocycles. The number of halogens is 2. The van der Waals surface area contributed by atoms with Crippen LogP contribution < -0.4 is 0 Å². The molecule has 0 spiro atoms. The van der Waals surface area contributed by atoms with Gasteiger partial charge in [-0.15, -0.1) is 10.2 Å². The number of hydrogen-bond donors (Lipinski definition) is 0. The monoisotopic (exact) mass is 391 g/mol. The smallest absolute Gasteiger partial charge is 0.296 e. The van der Waals surface area contributed by atoms with Crippen molar-refractivity contribution in [2.75, 3.05) is 0 Å². The van der Waals surface area contributed by atoms with Crippen LogP contribution in [0.25, 0.3) is 0 Å². The van der Waals surface area contributed by atoms with E-state index in [1.165, 1.54) is 0 Å². The summed E-state index contributed by atoms with van der Waals surface area (Å²) >= 11 is 3.41. The molecule has 8 heteroatoms. The minimum atomic E-state index is -3.91. The summed E-state index contributed by atoms with van der Waals surface area (Å²) in [6.45, 7) is 4.48. The largest absolute Gasteiger partial charge is 0.300 e. The molecule has 0 amide bonds. The molecule has 0 N–H and O–H groups in total. The van der Waals surface area contributed by atoms with Crippen molar-refractivity contribution in [2.45, 2.75) is 32.0 Å². The van der Waals surface area contributed by atoms with Gasteiger partial charge in [0, 0.05) is 28.1 Å². The van der Waals surface area contributed by atoms with Crippen LogP contribution in [-0.4, -0.2) is 23.2 Å². The van der Waals surface area contributed by atoms with Gasteiger partial charge >= 0.3 is 0 Å². The molecule has 114 valence electrons. The molecule has 1 aromatic heterocycles. The van der Waals surface area contributed by atoms with E-state index >= 15 is 0 Å². The second-order valence-electron chi connectivity index (χ2n) is 5.15. The van der Waals surface area contributed by atoms with Crippen molar-refractivity contribution in [1.29, 1.82) is 0 Å². The third kappa shape index (κ3) is 4.28. The third-order valence-electron chi connectivity index (χ3n) is 2.81. The Kier molecular flexibility index (Phi) is 5.06. The summed E-state index contributed by atoms with van der Waals surface area (Å²) in [5.41, 5.74) is 1.01. The van der Waals surface area contributed by atoms with Gasteiger partial charge in [0.15, 0.2) is 0 Å². The van der Waals surface area contributed by atoms with Crippen LogP contribution in [0.2, 0.25) is 0 Å². The lowest BCUT2D eigenvalue weighted by Crippen LogP contribution is -2.13. The van der Waals surface area contributed by atoms with Crippen molar-refractivity contribution in [3.63, 3.8) is 0 Å². The van der Waals surface area contributed by atoms with Gasteiger partial charge < -0.3 is 4.57 Å². The maximum atomic E-state index is 11.6. The van der Waals surface area contributed by atoms with E-state index in [9.17, 15) is 8.42 Å². The number of benzene rings is 1. The van der Waals surface area contributed by atoms with E-state index in [4.69, 9.17) is 10.7 Å². The summed E-state index contributed by atoms with van der Waals surface area (Å²) in [5.74, 6) is 0.834. The molecule has 21 heavy (non-hydrogen) atoms. The van der Waals surface area contributed by atoms with Crippen molar-refractivity contribution >= 4 is 35.7 Å². The zero-order valence-electron chi connectivity index (χ0n) is 11.6. The van der Waals surface area contributed by atoms with Gasteiger partial charge in [0.1, 0.15) is 5.82 Å². The summed E-state index contributed by atoms with van der Waals surface area (Å²) in [7, 11) is 1.52. The first-order valence-electron chi connectivity index (χ1n) is 6.38. The summed E-state index contributed by atoms with van der Waals surface area (Å²) in [6, 6.07) is 7.76. The SMILES string of the molecule is CC(C)Cn1c(Cc2cccc(Br)c2)nnc1S(=O)(=O)Cl. The molecule has 0 unspecified atom stereocenters. The Labute approximate surface area is 136 Å². The molecule has 2 aromatic rings. The molecule has 0 radical (unpaired) electrons. The highest BCUT2D eigenvalue weighted by molar-refractivity contribution is 9.10. The van der Waals surface area contributed by atoms with Gasteiger partial charge in [-0.25, -0.2) is 8.42 Å². The molecule has 5 nitrogen and oxygen atoms in total. The van der Waals surface area contributed by atoms with Crippen molar-refractivity contribution in [3.8, 4) is 0 Å². The molecule has 0 saturated heterocycles.